The number of carbonyl (C=O) groups excluding carboxylic acids is 1. The maximum atomic E-state index is 11.7. The predicted molar refractivity (Wildman–Crippen MR) is 61.4 cm³/mol. The van der Waals surface area contributed by atoms with Gasteiger partial charge in [0, 0.05) is 13.6 Å². The lowest BCUT2D eigenvalue weighted by molar-refractivity contribution is -0.131. The van der Waals surface area contributed by atoms with Crippen LogP contribution < -0.4 is 5.73 Å². The largest absolute Gasteiger partial charge is 0.393 e. The maximum Gasteiger partial charge on any atom is 0.239 e. The van der Waals surface area contributed by atoms with Crippen molar-refractivity contribution in [3.63, 3.8) is 0 Å². The van der Waals surface area contributed by atoms with Crippen LogP contribution in [0, 0.1) is 0 Å². The van der Waals surface area contributed by atoms with Gasteiger partial charge in [0.25, 0.3) is 0 Å². The Kier molecular flexibility index (Phi) is 7.34. The molecule has 1 amide bonds. The Morgan fingerprint density at radius 1 is 1.47 bits per heavy atom. The van der Waals surface area contributed by atoms with Crippen LogP contribution in [0.15, 0.2) is 0 Å². The van der Waals surface area contributed by atoms with Crippen LogP contribution in [-0.4, -0.2) is 41.7 Å². The van der Waals surface area contributed by atoms with Crippen molar-refractivity contribution < 1.29 is 9.90 Å². The Balaban J connectivity index is 3.85. The van der Waals surface area contributed by atoms with Crippen LogP contribution in [0.5, 0.6) is 0 Å². The number of likely N-dealkylation sites (N-methyl/N-ethyl adjacent to an activating group) is 1. The number of nitrogens with zero attached hydrogens (tertiary/aromatic N) is 1. The Bertz CT molecular complexity index is 183. The second kappa shape index (κ2) is 7.65. The van der Waals surface area contributed by atoms with Gasteiger partial charge in [-0.1, -0.05) is 19.8 Å². The third-order valence-electron chi connectivity index (χ3n) is 2.44. The van der Waals surface area contributed by atoms with E-state index in [1.54, 1.807) is 18.9 Å². The quantitative estimate of drug-likeness (QED) is 0.659. The molecule has 0 aromatic rings. The molecule has 0 saturated heterocycles. The molecule has 0 rings (SSSR count). The molecule has 90 valence electrons. The molecule has 0 aromatic heterocycles. The number of rotatable bonds is 7. The molecule has 15 heavy (non-hydrogen) atoms. The van der Waals surface area contributed by atoms with E-state index in [1.807, 2.05) is 0 Å². The van der Waals surface area contributed by atoms with E-state index in [9.17, 15) is 4.79 Å². The molecule has 3 N–H and O–H groups in total. The van der Waals surface area contributed by atoms with Gasteiger partial charge in [-0.2, -0.15) is 0 Å². The van der Waals surface area contributed by atoms with E-state index in [2.05, 4.69) is 6.92 Å². The van der Waals surface area contributed by atoms with Gasteiger partial charge in [0.15, 0.2) is 0 Å². The fraction of sp³-hybridized carbons (Fsp3) is 0.909. The minimum absolute atomic E-state index is 0.0240. The highest BCUT2D eigenvalue weighted by atomic mass is 16.3. The van der Waals surface area contributed by atoms with Gasteiger partial charge in [-0.3, -0.25) is 4.79 Å². The van der Waals surface area contributed by atoms with Crippen LogP contribution >= 0.6 is 0 Å². The summed E-state index contributed by atoms with van der Waals surface area (Å²) in [6.07, 6.45) is 3.01. The summed E-state index contributed by atoms with van der Waals surface area (Å²) >= 11 is 0. The molecule has 0 aliphatic carbocycles. The first-order valence-electron chi connectivity index (χ1n) is 5.67. The number of unbranched alkanes of at least 4 members (excludes halogenated alkanes) is 1. The Morgan fingerprint density at radius 3 is 2.53 bits per heavy atom. The summed E-state index contributed by atoms with van der Waals surface area (Å²) in [7, 11) is 1.73. The van der Waals surface area contributed by atoms with Crippen molar-refractivity contribution in [2.45, 2.75) is 51.7 Å². The standard InChI is InChI=1S/C11H24N2O2/c1-4-5-6-10(12)11(15)13(3)8-7-9(2)14/h9-10,14H,4-8,12H2,1-3H3/t9?,10-/m0/s1. The number of hydrogen-bond acceptors (Lipinski definition) is 3. The van der Waals surface area contributed by atoms with Gasteiger partial charge in [-0.05, 0) is 19.8 Å². The van der Waals surface area contributed by atoms with Crippen LogP contribution in [0.4, 0.5) is 0 Å². The van der Waals surface area contributed by atoms with Gasteiger partial charge in [0.2, 0.25) is 5.91 Å². The fourth-order valence-corrected chi connectivity index (χ4v) is 1.32. The number of amides is 1. The lowest BCUT2D eigenvalue weighted by Crippen LogP contribution is -2.42. The van der Waals surface area contributed by atoms with Gasteiger partial charge in [-0.25, -0.2) is 0 Å². The molecule has 0 fully saturated rings. The van der Waals surface area contributed by atoms with Gasteiger partial charge in [0.05, 0.1) is 12.1 Å². The van der Waals surface area contributed by atoms with E-state index in [0.717, 1.165) is 19.3 Å². The first-order chi connectivity index (χ1) is 6.99. The number of aliphatic hydroxyl groups excluding tert-OH is 1. The monoisotopic (exact) mass is 216 g/mol. The van der Waals surface area contributed by atoms with Crippen molar-refractivity contribution in [2.24, 2.45) is 5.73 Å². The van der Waals surface area contributed by atoms with Gasteiger partial charge in [-0.15, -0.1) is 0 Å². The fourth-order valence-electron chi connectivity index (χ4n) is 1.32. The van der Waals surface area contributed by atoms with Crippen LogP contribution in [-0.2, 0) is 4.79 Å². The number of hydrogen-bond donors (Lipinski definition) is 2. The van der Waals surface area contributed by atoms with E-state index in [0.29, 0.717) is 13.0 Å². The normalized spacial score (nSPS) is 14.7. The lowest BCUT2D eigenvalue weighted by Gasteiger charge is -2.21. The minimum atomic E-state index is -0.385. The van der Waals surface area contributed by atoms with Crippen LogP contribution in [0.25, 0.3) is 0 Å². The van der Waals surface area contributed by atoms with Crippen molar-refractivity contribution in [3.8, 4) is 0 Å². The van der Waals surface area contributed by atoms with Crippen molar-refractivity contribution in [1.29, 1.82) is 0 Å². The third kappa shape index (κ3) is 6.47. The average Bonchev–Trinajstić information content (AvgIpc) is 2.21. The molecule has 0 radical (unpaired) electrons. The van der Waals surface area contributed by atoms with Gasteiger partial charge < -0.3 is 15.7 Å². The summed E-state index contributed by atoms with van der Waals surface area (Å²) < 4.78 is 0. The number of carbonyl (C=O) groups is 1. The summed E-state index contributed by atoms with van der Waals surface area (Å²) in [5.41, 5.74) is 5.76. The molecule has 4 heteroatoms. The van der Waals surface area contributed by atoms with E-state index in [-0.39, 0.29) is 18.1 Å². The van der Waals surface area contributed by atoms with Crippen LogP contribution in [0.1, 0.15) is 39.5 Å². The molecule has 1 unspecified atom stereocenters. The van der Waals surface area contributed by atoms with Crippen molar-refractivity contribution in [2.75, 3.05) is 13.6 Å². The molecule has 0 bridgehead atoms. The highest BCUT2D eigenvalue weighted by molar-refractivity contribution is 5.81. The minimum Gasteiger partial charge on any atom is -0.393 e. The molecule has 4 nitrogen and oxygen atoms in total. The molecule has 0 aliphatic heterocycles. The zero-order valence-corrected chi connectivity index (χ0v) is 10.1. The molecular formula is C11H24N2O2. The molecule has 2 atom stereocenters. The van der Waals surface area contributed by atoms with Crippen molar-refractivity contribution in [3.05, 3.63) is 0 Å². The summed E-state index contributed by atoms with van der Waals surface area (Å²) in [6.45, 7) is 4.36. The van der Waals surface area contributed by atoms with Crippen LogP contribution in [0.2, 0.25) is 0 Å². The molecule has 0 aliphatic rings. The van der Waals surface area contributed by atoms with E-state index in [4.69, 9.17) is 10.8 Å². The number of nitrogens with two attached hydrogens (primary N) is 1. The summed E-state index contributed by atoms with van der Waals surface area (Å²) in [5.74, 6) is -0.0240. The van der Waals surface area contributed by atoms with Crippen molar-refractivity contribution in [1.82, 2.24) is 4.90 Å². The molecule has 0 heterocycles. The summed E-state index contributed by atoms with van der Waals surface area (Å²) in [4.78, 5) is 13.3. The zero-order valence-electron chi connectivity index (χ0n) is 10.1. The molecular weight excluding hydrogens is 192 g/mol. The van der Waals surface area contributed by atoms with E-state index >= 15 is 0 Å². The lowest BCUT2D eigenvalue weighted by atomic mass is 10.1. The van der Waals surface area contributed by atoms with Gasteiger partial charge in [0.1, 0.15) is 0 Å². The summed E-state index contributed by atoms with van der Waals surface area (Å²) in [5, 5.41) is 9.09. The SMILES string of the molecule is CCCC[C@H](N)C(=O)N(C)CCC(C)O. The summed E-state index contributed by atoms with van der Waals surface area (Å²) in [6, 6.07) is -0.385. The maximum absolute atomic E-state index is 11.7. The molecule has 0 aromatic carbocycles. The van der Waals surface area contributed by atoms with E-state index < -0.39 is 0 Å². The highest BCUT2D eigenvalue weighted by Gasteiger charge is 2.17. The Morgan fingerprint density at radius 2 is 2.07 bits per heavy atom. The smallest absolute Gasteiger partial charge is 0.239 e. The second-order valence-corrected chi connectivity index (χ2v) is 4.15. The second-order valence-electron chi connectivity index (χ2n) is 4.15. The molecule has 0 saturated carbocycles. The first-order valence-corrected chi connectivity index (χ1v) is 5.67. The van der Waals surface area contributed by atoms with Gasteiger partial charge >= 0.3 is 0 Å². The predicted octanol–water partition coefficient (Wildman–Crippen LogP) is 0.733. The highest BCUT2D eigenvalue weighted by Crippen LogP contribution is 2.02. The Labute approximate surface area is 92.4 Å². The average molecular weight is 216 g/mol. The van der Waals surface area contributed by atoms with Crippen molar-refractivity contribution >= 4 is 5.91 Å². The first kappa shape index (κ1) is 14.4. The molecule has 0 spiro atoms. The Hall–Kier alpha value is -0.610. The number of aliphatic hydroxyl groups is 1. The topological polar surface area (TPSA) is 66.6 Å². The zero-order chi connectivity index (χ0) is 11.8. The van der Waals surface area contributed by atoms with Crippen LogP contribution in [0.3, 0.4) is 0 Å². The third-order valence-corrected chi connectivity index (χ3v) is 2.44. The van der Waals surface area contributed by atoms with E-state index in [1.165, 1.54) is 0 Å².